The lowest BCUT2D eigenvalue weighted by molar-refractivity contribution is -0.129. The molecule has 1 heterocycles. The molecule has 0 radical (unpaired) electrons. The van der Waals surface area contributed by atoms with Crippen molar-refractivity contribution in [3.05, 3.63) is 48.2 Å². The summed E-state index contributed by atoms with van der Waals surface area (Å²) >= 11 is 0. The molecule has 0 saturated heterocycles. The summed E-state index contributed by atoms with van der Waals surface area (Å²) < 4.78 is 52.8. The maximum Gasteiger partial charge on any atom is 0.263 e. The first-order chi connectivity index (χ1) is 12.1. The zero-order valence-electron chi connectivity index (χ0n) is 14.3. The van der Waals surface area contributed by atoms with Gasteiger partial charge in [-0.1, -0.05) is 0 Å². The number of aromatic nitrogens is 1. The molecule has 0 spiro atoms. The van der Waals surface area contributed by atoms with Crippen LogP contribution < -0.4 is 10.0 Å². The van der Waals surface area contributed by atoms with Crippen molar-refractivity contribution in [2.45, 2.75) is 17.9 Å². The van der Waals surface area contributed by atoms with Gasteiger partial charge in [0.15, 0.2) is 11.6 Å². The molecule has 26 heavy (non-hydrogen) atoms. The summed E-state index contributed by atoms with van der Waals surface area (Å²) in [4.78, 5) is 17.0. The standard InChI is InChI=1S/C16H18F2N4O3S/c1-10(16(23)22(2)3)20-15-7-5-12(9-19-15)26(24,25)21-11-4-6-13(17)14(18)8-11/h4-10,21H,1-3H3,(H,19,20)/t10-/m0/s1. The highest BCUT2D eigenvalue weighted by Crippen LogP contribution is 2.19. The number of hydrogen-bond acceptors (Lipinski definition) is 5. The smallest absolute Gasteiger partial charge is 0.263 e. The number of pyridine rings is 1. The molecule has 7 nitrogen and oxygen atoms in total. The Kier molecular flexibility index (Phi) is 5.76. The number of benzene rings is 1. The third kappa shape index (κ3) is 4.66. The molecule has 0 aliphatic heterocycles. The lowest BCUT2D eigenvalue weighted by atomic mass is 10.3. The van der Waals surface area contributed by atoms with E-state index >= 15 is 0 Å². The number of hydrogen-bond donors (Lipinski definition) is 2. The first kappa shape index (κ1) is 19.6. The van der Waals surface area contributed by atoms with Gasteiger partial charge in [0.05, 0.1) is 5.69 Å². The van der Waals surface area contributed by atoms with Gasteiger partial charge in [0.25, 0.3) is 10.0 Å². The molecule has 2 N–H and O–H groups in total. The molecule has 1 atom stereocenters. The monoisotopic (exact) mass is 384 g/mol. The molecular formula is C16H18F2N4O3S. The number of amides is 1. The molecule has 1 aromatic heterocycles. The van der Waals surface area contributed by atoms with E-state index in [1.54, 1.807) is 21.0 Å². The van der Waals surface area contributed by atoms with Gasteiger partial charge >= 0.3 is 0 Å². The Morgan fingerprint density at radius 1 is 1.15 bits per heavy atom. The van der Waals surface area contributed by atoms with Crippen LogP contribution in [0, 0.1) is 11.6 Å². The topological polar surface area (TPSA) is 91.4 Å². The van der Waals surface area contributed by atoms with Gasteiger partial charge in [0.2, 0.25) is 5.91 Å². The minimum atomic E-state index is -4.02. The summed E-state index contributed by atoms with van der Waals surface area (Å²) in [6, 6.07) is 4.81. The van der Waals surface area contributed by atoms with Gasteiger partial charge in [-0.2, -0.15) is 0 Å². The summed E-state index contributed by atoms with van der Waals surface area (Å²) in [6.45, 7) is 1.65. The maximum atomic E-state index is 13.2. The molecular weight excluding hydrogens is 366 g/mol. The second-order valence-electron chi connectivity index (χ2n) is 5.71. The van der Waals surface area contributed by atoms with Crippen molar-refractivity contribution in [1.29, 1.82) is 0 Å². The lowest BCUT2D eigenvalue weighted by Crippen LogP contribution is -2.36. The van der Waals surface area contributed by atoms with E-state index in [4.69, 9.17) is 0 Å². The van der Waals surface area contributed by atoms with Gasteiger partial charge < -0.3 is 10.2 Å². The van der Waals surface area contributed by atoms with Crippen LogP contribution in [-0.2, 0) is 14.8 Å². The number of rotatable bonds is 6. The fourth-order valence-corrected chi connectivity index (χ4v) is 3.06. The van der Waals surface area contributed by atoms with Crippen molar-refractivity contribution in [3.8, 4) is 0 Å². The lowest BCUT2D eigenvalue weighted by Gasteiger charge is -2.18. The van der Waals surface area contributed by atoms with Crippen molar-refractivity contribution < 1.29 is 22.0 Å². The number of likely N-dealkylation sites (N-methyl/N-ethyl adjacent to an activating group) is 1. The van der Waals surface area contributed by atoms with Crippen LogP contribution in [0.2, 0.25) is 0 Å². The van der Waals surface area contributed by atoms with Crippen LogP contribution in [0.3, 0.4) is 0 Å². The maximum absolute atomic E-state index is 13.2. The molecule has 0 bridgehead atoms. The molecule has 0 aliphatic rings. The second-order valence-corrected chi connectivity index (χ2v) is 7.39. The Morgan fingerprint density at radius 2 is 1.85 bits per heavy atom. The summed E-state index contributed by atoms with van der Waals surface area (Å²) in [5.74, 6) is -2.09. The highest BCUT2D eigenvalue weighted by molar-refractivity contribution is 7.92. The minimum absolute atomic E-state index is 0.115. The average Bonchev–Trinajstić information content (AvgIpc) is 2.57. The van der Waals surface area contributed by atoms with Gasteiger partial charge in [0.1, 0.15) is 16.8 Å². The molecule has 0 unspecified atom stereocenters. The molecule has 0 fully saturated rings. The van der Waals surface area contributed by atoms with Crippen LogP contribution in [0.1, 0.15) is 6.92 Å². The fourth-order valence-electron chi connectivity index (χ4n) is 2.07. The Hall–Kier alpha value is -2.75. The number of halogens is 2. The molecule has 140 valence electrons. The van der Waals surface area contributed by atoms with Gasteiger partial charge in [-0.05, 0) is 31.2 Å². The second kappa shape index (κ2) is 7.65. The number of nitrogens with one attached hydrogen (secondary N) is 2. The van der Waals surface area contributed by atoms with E-state index in [1.807, 2.05) is 0 Å². The molecule has 10 heteroatoms. The van der Waals surface area contributed by atoms with Crippen molar-refractivity contribution in [3.63, 3.8) is 0 Å². The van der Waals surface area contributed by atoms with Gasteiger partial charge in [-0.15, -0.1) is 0 Å². The van der Waals surface area contributed by atoms with Crippen molar-refractivity contribution in [2.75, 3.05) is 24.1 Å². The van der Waals surface area contributed by atoms with Crippen LogP contribution in [-0.4, -0.2) is 44.3 Å². The zero-order chi connectivity index (χ0) is 19.5. The Morgan fingerprint density at radius 3 is 2.38 bits per heavy atom. The van der Waals surface area contributed by atoms with E-state index in [0.29, 0.717) is 5.82 Å². The summed E-state index contributed by atoms with van der Waals surface area (Å²) in [6.07, 6.45) is 1.09. The van der Waals surface area contributed by atoms with Crippen LogP contribution >= 0.6 is 0 Å². The van der Waals surface area contributed by atoms with E-state index in [2.05, 4.69) is 15.0 Å². The summed E-state index contributed by atoms with van der Waals surface area (Å²) in [7, 11) is -0.785. The number of carbonyl (C=O) groups excluding carboxylic acids is 1. The Bertz CT molecular complexity index is 902. The van der Waals surface area contributed by atoms with Crippen LogP contribution in [0.4, 0.5) is 20.3 Å². The first-order valence-electron chi connectivity index (χ1n) is 7.52. The third-order valence-corrected chi connectivity index (χ3v) is 4.76. The van der Waals surface area contributed by atoms with E-state index in [-0.39, 0.29) is 16.5 Å². The number of nitrogens with zero attached hydrogens (tertiary/aromatic N) is 2. The van der Waals surface area contributed by atoms with Crippen molar-refractivity contribution in [1.82, 2.24) is 9.88 Å². The fraction of sp³-hybridized carbons (Fsp3) is 0.250. The van der Waals surface area contributed by atoms with Gasteiger partial charge in [-0.3, -0.25) is 9.52 Å². The SMILES string of the molecule is C[C@H](Nc1ccc(S(=O)(=O)Nc2ccc(F)c(F)c2)cn1)C(=O)N(C)C. The highest BCUT2D eigenvalue weighted by atomic mass is 32.2. The van der Waals surface area contributed by atoms with Crippen molar-refractivity contribution >= 4 is 27.4 Å². The molecule has 2 rings (SSSR count). The number of sulfonamides is 1. The molecule has 2 aromatic rings. The van der Waals surface area contributed by atoms with Gasteiger partial charge in [-0.25, -0.2) is 22.2 Å². The zero-order valence-corrected chi connectivity index (χ0v) is 15.1. The first-order valence-corrected chi connectivity index (χ1v) is 9.00. The average molecular weight is 384 g/mol. The molecule has 0 saturated carbocycles. The van der Waals surface area contributed by atoms with Gasteiger partial charge in [0, 0.05) is 26.4 Å². The van der Waals surface area contributed by atoms with Crippen molar-refractivity contribution in [2.24, 2.45) is 0 Å². The molecule has 1 amide bonds. The predicted octanol–water partition coefficient (Wildman–Crippen LogP) is 2.05. The largest absolute Gasteiger partial charge is 0.359 e. The quantitative estimate of drug-likeness (QED) is 0.795. The number of carbonyl (C=O) groups is 1. The minimum Gasteiger partial charge on any atom is -0.359 e. The molecule has 1 aromatic carbocycles. The normalized spacial score (nSPS) is 12.3. The van der Waals surface area contributed by atoms with E-state index in [9.17, 15) is 22.0 Å². The van der Waals surface area contributed by atoms with Crippen LogP contribution in [0.15, 0.2) is 41.4 Å². The highest BCUT2D eigenvalue weighted by Gasteiger charge is 2.18. The van der Waals surface area contributed by atoms with E-state index in [0.717, 1.165) is 24.4 Å². The Labute approximate surface area is 150 Å². The Balaban J connectivity index is 2.13. The van der Waals surface area contributed by atoms with Crippen LogP contribution in [0.5, 0.6) is 0 Å². The van der Waals surface area contributed by atoms with E-state index < -0.39 is 27.7 Å². The summed E-state index contributed by atoms with van der Waals surface area (Å²) in [5.41, 5.74) is -0.115. The summed E-state index contributed by atoms with van der Waals surface area (Å²) in [5, 5.41) is 2.86. The third-order valence-electron chi connectivity index (χ3n) is 3.39. The van der Waals surface area contributed by atoms with Crippen LogP contribution in [0.25, 0.3) is 0 Å². The predicted molar refractivity (Wildman–Crippen MR) is 93.2 cm³/mol. The molecule has 0 aliphatic carbocycles. The van der Waals surface area contributed by atoms with E-state index in [1.165, 1.54) is 17.0 Å². The number of anilines is 2.